The molecule has 31 heavy (non-hydrogen) atoms. The first kappa shape index (κ1) is 22.4. The van der Waals surface area contributed by atoms with Crippen LogP contribution in [-0.2, 0) is 16.0 Å². The van der Waals surface area contributed by atoms with Crippen LogP contribution in [0.1, 0.15) is 24.8 Å². The second kappa shape index (κ2) is 9.79. The van der Waals surface area contributed by atoms with E-state index in [1.54, 1.807) is 14.2 Å². The second-order valence-corrected chi connectivity index (χ2v) is 9.72. The molecule has 3 fully saturated rings. The van der Waals surface area contributed by atoms with E-state index in [1.807, 2.05) is 40.9 Å². The minimum absolute atomic E-state index is 0.0373. The quantitative estimate of drug-likeness (QED) is 0.571. The highest BCUT2D eigenvalue weighted by Crippen LogP contribution is 2.39. The Morgan fingerprint density at radius 3 is 2.45 bits per heavy atom. The lowest BCUT2D eigenvalue weighted by atomic mass is 9.85. The van der Waals surface area contributed by atoms with Crippen molar-refractivity contribution in [2.45, 2.75) is 37.3 Å². The van der Waals surface area contributed by atoms with Crippen molar-refractivity contribution >= 4 is 23.7 Å². The number of piperidine rings is 1. The molecular formula is C23H33N3O4S. The van der Waals surface area contributed by atoms with E-state index >= 15 is 0 Å². The van der Waals surface area contributed by atoms with Crippen molar-refractivity contribution in [2.24, 2.45) is 0 Å². The standard InChI is InChI=1S/C23H33N3O4S/c1-29-15-14-25-21(27)23(9-12-24(13-10-23)19-8-16-31-17-19)26(22(25)28)11-7-18-3-5-20(30-2)6-4-18/h3-6,19H,7-17H2,1-2H3/t19-/m0/s1. The second-order valence-electron chi connectivity index (χ2n) is 8.57. The van der Waals surface area contributed by atoms with E-state index in [-0.39, 0.29) is 11.9 Å². The van der Waals surface area contributed by atoms with Crippen LogP contribution in [0.3, 0.4) is 0 Å². The zero-order chi connectivity index (χ0) is 21.8. The number of thioether (sulfide) groups is 1. The van der Waals surface area contributed by atoms with E-state index in [9.17, 15) is 9.59 Å². The number of imide groups is 1. The number of hydrogen-bond acceptors (Lipinski definition) is 6. The van der Waals surface area contributed by atoms with Crippen molar-refractivity contribution in [2.75, 3.05) is 58.5 Å². The molecule has 0 saturated carbocycles. The summed E-state index contributed by atoms with van der Waals surface area (Å²) in [7, 11) is 3.25. The summed E-state index contributed by atoms with van der Waals surface area (Å²) in [5.41, 5.74) is 0.423. The number of methoxy groups -OCH3 is 2. The van der Waals surface area contributed by atoms with Gasteiger partial charge in [0.2, 0.25) is 0 Å². The van der Waals surface area contributed by atoms with Gasteiger partial charge in [0, 0.05) is 38.5 Å². The van der Waals surface area contributed by atoms with Crippen LogP contribution < -0.4 is 4.74 Å². The van der Waals surface area contributed by atoms with E-state index in [2.05, 4.69) is 4.90 Å². The molecule has 1 aromatic carbocycles. The number of ether oxygens (including phenoxy) is 2. The molecule has 0 unspecified atom stereocenters. The number of rotatable bonds is 8. The molecule has 0 bridgehead atoms. The lowest BCUT2D eigenvalue weighted by Gasteiger charge is -2.44. The van der Waals surface area contributed by atoms with Crippen molar-refractivity contribution in [3.05, 3.63) is 29.8 Å². The van der Waals surface area contributed by atoms with Crippen LogP contribution in [0.5, 0.6) is 5.75 Å². The van der Waals surface area contributed by atoms with Crippen molar-refractivity contribution in [3.8, 4) is 5.75 Å². The lowest BCUT2D eigenvalue weighted by molar-refractivity contribution is -0.136. The number of amides is 3. The molecule has 0 aliphatic carbocycles. The zero-order valence-corrected chi connectivity index (χ0v) is 19.4. The van der Waals surface area contributed by atoms with Crippen LogP contribution in [0.15, 0.2) is 24.3 Å². The van der Waals surface area contributed by atoms with E-state index in [4.69, 9.17) is 9.47 Å². The molecule has 7 nitrogen and oxygen atoms in total. The molecule has 8 heteroatoms. The Morgan fingerprint density at radius 2 is 1.84 bits per heavy atom. The van der Waals surface area contributed by atoms with E-state index in [1.165, 1.54) is 22.8 Å². The maximum atomic E-state index is 13.5. The summed E-state index contributed by atoms with van der Waals surface area (Å²) in [5.74, 6) is 3.18. The van der Waals surface area contributed by atoms with Gasteiger partial charge in [-0.15, -0.1) is 0 Å². The predicted molar refractivity (Wildman–Crippen MR) is 122 cm³/mol. The van der Waals surface area contributed by atoms with Gasteiger partial charge in [0.05, 0.1) is 20.3 Å². The number of urea groups is 1. The maximum Gasteiger partial charge on any atom is 0.327 e. The first-order valence-corrected chi connectivity index (χ1v) is 12.3. The van der Waals surface area contributed by atoms with Crippen LogP contribution in [0.25, 0.3) is 0 Å². The van der Waals surface area contributed by atoms with Gasteiger partial charge >= 0.3 is 6.03 Å². The van der Waals surface area contributed by atoms with Crippen molar-refractivity contribution < 1.29 is 19.1 Å². The monoisotopic (exact) mass is 447 g/mol. The van der Waals surface area contributed by atoms with Crippen LogP contribution in [0, 0.1) is 0 Å². The Bertz CT molecular complexity index is 774. The fraction of sp³-hybridized carbons (Fsp3) is 0.652. The third-order valence-electron chi connectivity index (χ3n) is 6.97. The highest BCUT2D eigenvalue weighted by Gasteiger charge is 2.57. The summed E-state index contributed by atoms with van der Waals surface area (Å²) in [6.45, 7) is 2.98. The smallest absolute Gasteiger partial charge is 0.327 e. The summed E-state index contributed by atoms with van der Waals surface area (Å²) in [5, 5.41) is 0. The molecule has 0 radical (unpaired) electrons. The highest BCUT2D eigenvalue weighted by molar-refractivity contribution is 7.99. The molecule has 4 rings (SSSR count). The molecule has 3 aliphatic heterocycles. The average Bonchev–Trinajstić information content (AvgIpc) is 3.40. The fourth-order valence-corrected chi connectivity index (χ4v) is 6.31. The van der Waals surface area contributed by atoms with Gasteiger partial charge in [-0.25, -0.2) is 4.79 Å². The first-order chi connectivity index (χ1) is 15.1. The van der Waals surface area contributed by atoms with Crippen molar-refractivity contribution in [3.63, 3.8) is 0 Å². The van der Waals surface area contributed by atoms with Crippen LogP contribution >= 0.6 is 11.8 Å². The van der Waals surface area contributed by atoms with Gasteiger partial charge in [0.1, 0.15) is 11.3 Å². The minimum atomic E-state index is -0.709. The molecule has 3 saturated heterocycles. The molecule has 3 amide bonds. The molecule has 0 N–H and O–H groups in total. The number of nitrogens with zero attached hydrogens (tertiary/aromatic N) is 3. The number of hydrogen-bond donors (Lipinski definition) is 0. The zero-order valence-electron chi connectivity index (χ0n) is 18.5. The Hall–Kier alpha value is -1.77. The molecule has 170 valence electrons. The van der Waals surface area contributed by atoms with Gasteiger partial charge in [-0.2, -0.15) is 11.8 Å². The summed E-state index contributed by atoms with van der Waals surface area (Å²) in [6.07, 6.45) is 3.37. The first-order valence-electron chi connectivity index (χ1n) is 11.2. The van der Waals surface area contributed by atoms with Gasteiger partial charge in [0.25, 0.3) is 5.91 Å². The molecule has 1 spiro atoms. The molecule has 1 atom stereocenters. The third-order valence-corrected chi connectivity index (χ3v) is 8.12. The van der Waals surface area contributed by atoms with Gasteiger partial charge < -0.3 is 14.4 Å². The van der Waals surface area contributed by atoms with E-state index in [0.29, 0.717) is 45.0 Å². The maximum absolute atomic E-state index is 13.5. The van der Waals surface area contributed by atoms with Gasteiger partial charge in [-0.05, 0) is 49.1 Å². The number of likely N-dealkylation sites (tertiary alicyclic amines) is 1. The summed E-state index contributed by atoms with van der Waals surface area (Å²) < 4.78 is 10.4. The normalized spacial score (nSPS) is 23.9. The topological polar surface area (TPSA) is 62.3 Å². The Labute approximate surface area is 189 Å². The fourth-order valence-electron chi connectivity index (χ4n) is 5.06. The van der Waals surface area contributed by atoms with Crippen LogP contribution in [0.2, 0.25) is 0 Å². The van der Waals surface area contributed by atoms with Crippen LogP contribution in [0.4, 0.5) is 4.79 Å². The van der Waals surface area contributed by atoms with Crippen molar-refractivity contribution in [1.82, 2.24) is 14.7 Å². The van der Waals surface area contributed by atoms with E-state index in [0.717, 1.165) is 24.4 Å². The molecular weight excluding hydrogens is 414 g/mol. The third kappa shape index (κ3) is 4.43. The Morgan fingerprint density at radius 1 is 1.10 bits per heavy atom. The largest absolute Gasteiger partial charge is 0.497 e. The summed E-state index contributed by atoms with van der Waals surface area (Å²) in [4.78, 5) is 32.6. The minimum Gasteiger partial charge on any atom is -0.497 e. The predicted octanol–water partition coefficient (Wildman–Crippen LogP) is 2.49. The number of carbonyl (C=O) groups excluding carboxylic acids is 2. The van der Waals surface area contributed by atoms with Gasteiger partial charge in [-0.1, -0.05) is 12.1 Å². The van der Waals surface area contributed by atoms with Gasteiger partial charge in [0.15, 0.2) is 0 Å². The molecule has 3 aliphatic rings. The molecule has 3 heterocycles. The van der Waals surface area contributed by atoms with Gasteiger partial charge in [-0.3, -0.25) is 14.6 Å². The van der Waals surface area contributed by atoms with E-state index < -0.39 is 5.54 Å². The van der Waals surface area contributed by atoms with Crippen LogP contribution in [-0.4, -0.2) is 96.7 Å². The average molecular weight is 448 g/mol. The number of benzene rings is 1. The Kier molecular flexibility index (Phi) is 7.08. The summed E-state index contributed by atoms with van der Waals surface area (Å²) in [6, 6.07) is 8.37. The number of carbonyl (C=O) groups is 2. The summed E-state index contributed by atoms with van der Waals surface area (Å²) >= 11 is 2.01. The highest BCUT2D eigenvalue weighted by atomic mass is 32.2. The SMILES string of the molecule is COCCN1C(=O)N(CCc2ccc(OC)cc2)C2(CCN([C@H]3CCSC3)CC2)C1=O. The Balaban J connectivity index is 1.49. The molecule has 1 aromatic rings. The molecule has 0 aromatic heterocycles. The lowest BCUT2D eigenvalue weighted by Crippen LogP contribution is -2.58. The van der Waals surface area contributed by atoms with Crippen molar-refractivity contribution in [1.29, 1.82) is 0 Å².